The highest BCUT2D eigenvalue weighted by Gasteiger charge is 2.38. The van der Waals surface area contributed by atoms with Crippen LogP contribution in [0.3, 0.4) is 0 Å². The number of amides is 1. The predicted molar refractivity (Wildman–Crippen MR) is 70.2 cm³/mol. The highest BCUT2D eigenvalue weighted by molar-refractivity contribution is 5.85. The van der Waals surface area contributed by atoms with Gasteiger partial charge in [-0.15, -0.1) is 0 Å². The molecule has 1 unspecified atom stereocenters. The van der Waals surface area contributed by atoms with Crippen LogP contribution in [0.25, 0.3) is 0 Å². The van der Waals surface area contributed by atoms with Gasteiger partial charge in [0.05, 0.1) is 0 Å². The van der Waals surface area contributed by atoms with Crippen molar-refractivity contribution >= 4 is 11.9 Å². The van der Waals surface area contributed by atoms with Gasteiger partial charge in [-0.3, -0.25) is 4.79 Å². The summed E-state index contributed by atoms with van der Waals surface area (Å²) in [6.45, 7) is 6.13. The van der Waals surface area contributed by atoms with E-state index in [1.54, 1.807) is 0 Å². The first-order valence-corrected chi connectivity index (χ1v) is 6.91. The van der Waals surface area contributed by atoms with Crippen LogP contribution in [0.2, 0.25) is 0 Å². The third kappa shape index (κ3) is 3.72. The van der Waals surface area contributed by atoms with Gasteiger partial charge < -0.3 is 10.4 Å². The molecule has 1 aliphatic carbocycles. The molecule has 1 aliphatic rings. The van der Waals surface area contributed by atoms with Crippen LogP contribution < -0.4 is 5.32 Å². The van der Waals surface area contributed by atoms with Gasteiger partial charge in [0.1, 0.15) is 6.04 Å². The summed E-state index contributed by atoms with van der Waals surface area (Å²) in [7, 11) is 0. The summed E-state index contributed by atoms with van der Waals surface area (Å²) >= 11 is 0. The maximum atomic E-state index is 12.2. The van der Waals surface area contributed by atoms with E-state index in [4.69, 9.17) is 5.11 Å². The quantitative estimate of drug-likeness (QED) is 0.793. The van der Waals surface area contributed by atoms with Gasteiger partial charge in [-0.2, -0.15) is 0 Å². The van der Waals surface area contributed by atoms with Crippen molar-refractivity contribution < 1.29 is 14.7 Å². The van der Waals surface area contributed by atoms with Gasteiger partial charge >= 0.3 is 5.97 Å². The van der Waals surface area contributed by atoms with Crippen molar-refractivity contribution in [2.45, 2.75) is 65.3 Å². The van der Waals surface area contributed by atoms with E-state index in [1.807, 2.05) is 6.92 Å². The molecule has 0 aromatic heterocycles. The van der Waals surface area contributed by atoms with Gasteiger partial charge in [-0.1, -0.05) is 40.0 Å². The molecule has 4 nitrogen and oxygen atoms in total. The Hall–Kier alpha value is -1.06. The number of rotatable bonds is 5. The maximum absolute atomic E-state index is 12.2. The highest BCUT2D eigenvalue weighted by Crippen LogP contribution is 2.40. The molecule has 0 aliphatic heterocycles. The van der Waals surface area contributed by atoms with E-state index in [9.17, 15) is 9.59 Å². The molecule has 1 amide bonds. The van der Waals surface area contributed by atoms with E-state index in [2.05, 4.69) is 19.2 Å². The molecule has 0 saturated heterocycles. The summed E-state index contributed by atoms with van der Waals surface area (Å²) in [5.41, 5.74) is -0.0163. The Labute approximate surface area is 109 Å². The van der Waals surface area contributed by atoms with Gasteiger partial charge in [0.15, 0.2) is 0 Å². The number of aliphatic carboxylic acids is 1. The summed E-state index contributed by atoms with van der Waals surface area (Å²) in [6, 6.07) is -0.736. The Balaban J connectivity index is 2.65. The van der Waals surface area contributed by atoms with E-state index in [0.29, 0.717) is 6.42 Å². The third-order valence-corrected chi connectivity index (χ3v) is 4.02. The maximum Gasteiger partial charge on any atom is 0.326 e. The largest absolute Gasteiger partial charge is 0.480 e. The van der Waals surface area contributed by atoms with Crippen molar-refractivity contribution in [3.63, 3.8) is 0 Å². The second-order valence-corrected chi connectivity index (χ2v) is 5.98. The van der Waals surface area contributed by atoms with Crippen LogP contribution in [-0.4, -0.2) is 23.0 Å². The first kappa shape index (κ1) is 15.0. The Bertz CT molecular complexity index is 312. The Kier molecular flexibility index (Phi) is 5.17. The van der Waals surface area contributed by atoms with E-state index < -0.39 is 12.0 Å². The van der Waals surface area contributed by atoms with Gasteiger partial charge in [0, 0.05) is 5.92 Å². The fourth-order valence-corrected chi connectivity index (χ4v) is 2.80. The molecule has 0 radical (unpaired) electrons. The van der Waals surface area contributed by atoms with Crippen LogP contribution in [0.5, 0.6) is 0 Å². The van der Waals surface area contributed by atoms with E-state index in [1.165, 1.54) is 0 Å². The molecule has 0 bridgehead atoms. The molecule has 1 saturated carbocycles. The lowest BCUT2D eigenvalue weighted by Gasteiger charge is -2.38. The average molecular weight is 255 g/mol. The lowest BCUT2D eigenvalue weighted by molar-refractivity contribution is -0.144. The molecule has 0 heterocycles. The molecule has 0 aromatic carbocycles. The first-order chi connectivity index (χ1) is 8.38. The minimum Gasteiger partial charge on any atom is -0.480 e. The smallest absolute Gasteiger partial charge is 0.326 e. The van der Waals surface area contributed by atoms with Crippen LogP contribution in [0.4, 0.5) is 0 Å². The summed E-state index contributed by atoms with van der Waals surface area (Å²) in [4.78, 5) is 23.3. The van der Waals surface area contributed by atoms with Crippen molar-refractivity contribution in [3.8, 4) is 0 Å². The van der Waals surface area contributed by atoms with Crippen molar-refractivity contribution in [1.82, 2.24) is 5.32 Å². The molecule has 18 heavy (non-hydrogen) atoms. The van der Waals surface area contributed by atoms with Crippen LogP contribution in [0, 0.1) is 11.3 Å². The van der Waals surface area contributed by atoms with Crippen molar-refractivity contribution in [2.75, 3.05) is 0 Å². The first-order valence-electron chi connectivity index (χ1n) is 6.91. The topological polar surface area (TPSA) is 66.4 Å². The molecule has 4 heteroatoms. The molecule has 2 atom stereocenters. The third-order valence-electron chi connectivity index (χ3n) is 4.02. The lowest BCUT2D eigenvalue weighted by Crippen LogP contribution is -2.47. The van der Waals surface area contributed by atoms with Crippen molar-refractivity contribution in [2.24, 2.45) is 11.3 Å². The molecular formula is C14H25NO3. The summed E-state index contributed by atoms with van der Waals surface area (Å²) in [5, 5.41) is 11.8. The molecule has 104 valence electrons. The zero-order chi connectivity index (χ0) is 13.8. The number of carbonyl (C=O) groups excluding carboxylic acids is 1. The number of carbonyl (C=O) groups is 2. The SMILES string of the molecule is CCC[C@@H](NC(=O)C1CCCCC1(C)C)C(=O)O. The summed E-state index contributed by atoms with van der Waals surface area (Å²) in [6.07, 6.45) is 5.38. The van der Waals surface area contributed by atoms with Gasteiger partial charge in [0.2, 0.25) is 5.91 Å². The minimum absolute atomic E-state index is 0.0163. The molecule has 0 aromatic rings. The Morgan fingerprint density at radius 1 is 1.39 bits per heavy atom. The molecular weight excluding hydrogens is 230 g/mol. The average Bonchev–Trinajstić information content (AvgIpc) is 2.27. The van der Waals surface area contributed by atoms with E-state index in [-0.39, 0.29) is 17.2 Å². The molecule has 1 fully saturated rings. The Morgan fingerprint density at radius 2 is 2.06 bits per heavy atom. The molecule has 1 rings (SSSR count). The number of carboxylic acids is 1. The van der Waals surface area contributed by atoms with Crippen LogP contribution in [0.15, 0.2) is 0 Å². The van der Waals surface area contributed by atoms with Crippen LogP contribution in [0.1, 0.15) is 59.3 Å². The van der Waals surface area contributed by atoms with Crippen molar-refractivity contribution in [3.05, 3.63) is 0 Å². The number of carboxylic acid groups (broad SMARTS) is 1. The van der Waals surface area contributed by atoms with Gasteiger partial charge in [-0.05, 0) is 24.7 Å². The lowest BCUT2D eigenvalue weighted by atomic mass is 9.68. The summed E-state index contributed by atoms with van der Waals surface area (Å²) in [5.74, 6) is -1.07. The normalized spacial score (nSPS) is 24.3. The minimum atomic E-state index is -0.932. The Morgan fingerprint density at radius 3 is 2.56 bits per heavy atom. The second kappa shape index (κ2) is 6.21. The highest BCUT2D eigenvalue weighted by atomic mass is 16.4. The number of nitrogens with one attached hydrogen (secondary N) is 1. The van der Waals surface area contributed by atoms with E-state index >= 15 is 0 Å². The zero-order valence-corrected chi connectivity index (χ0v) is 11.7. The standard InChI is InChI=1S/C14H25NO3/c1-4-7-11(13(17)18)15-12(16)10-8-5-6-9-14(10,2)3/h10-11H,4-9H2,1-3H3,(H,15,16)(H,17,18)/t10?,11-/m1/s1. The van der Waals surface area contributed by atoms with Gasteiger partial charge in [-0.25, -0.2) is 4.79 Å². The second-order valence-electron chi connectivity index (χ2n) is 5.98. The zero-order valence-electron chi connectivity index (χ0n) is 11.7. The van der Waals surface area contributed by atoms with Crippen LogP contribution in [-0.2, 0) is 9.59 Å². The fraction of sp³-hybridized carbons (Fsp3) is 0.857. The van der Waals surface area contributed by atoms with Crippen molar-refractivity contribution in [1.29, 1.82) is 0 Å². The fourth-order valence-electron chi connectivity index (χ4n) is 2.80. The van der Waals surface area contributed by atoms with E-state index in [0.717, 1.165) is 32.1 Å². The summed E-state index contributed by atoms with van der Waals surface area (Å²) < 4.78 is 0. The monoisotopic (exact) mass is 255 g/mol. The van der Waals surface area contributed by atoms with Crippen LogP contribution >= 0.6 is 0 Å². The number of hydrogen-bond acceptors (Lipinski definition) is 2. The van der Waals surface area contributed by atoms with Gasteiger partial charge in [0.25, 0.3) is 0 Å². The predicted octanol–water partition coefficient (Wildman–Crippen LogP) is 2.57. The molecule has 2 N–H and O–H groups in total. The molecule has 0 spiro atoms. The number of hydrogen-bond donors (Lipinski definition) is 2.